The molecule has 0 spiro atoms. The Balaban J connectivity index is 1.88. The molecule has 1 aliphatic heterocycles. The Bertz CT molecular complexity index is 523. The maximum Gasteiger partial charge on any atom is 0.230 e. The van der Waals surface area contributed by atoms with Gasteiger partial charge in [-0.3, -0.25) is 9.59 Å². The summed E-state index contributed by atoms with van der Waals surface area (Å²) in [5, 5.41) is 0.344. The monoisotopic (exact) mass is 307 g/mol. The number of halogens is 1. The third kappa shape index (κ3) is 1.99. The lowest BCUT2D eigenvalue weighted by atomic mass is 10.1. The fourth-order valence-electron chi connectivity index (χ4n) is 2.43. The summed E-state index contributed by atoms with van der Waals surface area (Å²) in [7, 11) is 0. The highest BCUT2D eigenvalue weighted by Gasteiger charge is 2.36. The van der Waals surface area contributed by atoms with Gasteiger partial charge in [0.05, 0.1) is 5.33 Å². The summed E-state index contributed by atoms with van der Waals surface area (Å²) in [4.78, 5) is 25.6. The van der Waals surface area contributed by atoms with Crippen molar-refractivity contribution in [1.82, 2.24) is 0 Å². The van der Waals surface area contributed by atoms with Crippen molar-refractivity contribution in [2.45, 2.75) is 19.3 Å². The van der Waals surface area contributed by atoms with Crippen molar-refractivity contribution < 1.29 is 9.59 Å². The van der Waals surface area contributed by atoms with Crippen molar-refractivity contribution in [2.24, 2.45) is 5.92 Å². The predicted molar refractivity (Wildman–Crippen MR) is 73.3 cm³/mol. The van der Waals surface area contributed by atoms with Crippen LogP contribution in [0, 0.1) is 5.92 Å². The zero-order valence-electron chi connectivity index (χ0n) is 9.99. The van der Waals surface area contributed by atoms with Gasteiger partial charge in [-0.1, -0.05) is 15.9 Å². The number of benzene rings is 1. The molecule has 3 nitrogen and oxygen atoms in total. The molecule has 18 heavy (non-hydrogen) atoms. The van der Waals surface area contributed by atoms with E-state index in [1.54, 1.807) is 0 Å². The smallest absolute Gasteiger partial charge is 0.230 e. The van der Waals surface area contributed by atoms with Crippen molar-refractivity contribution in [3.05, 3.63) is 29.3 Å². The van der Waals surface area contributed by atoms with Gasteiger partial charge in [-0.2, -0.15) is 0 Å². The number of hydrogen-bond donors (Lipinski definition) is 0. The number of carbonyl (C=O) groups excluding carboxylic acids is 2. The average molecular weight is 308 g/mol. The van der Waals surface area contributed by atoms with Gasteiger partial charge in [-0.05, 0) is 43.0 Å². The van der Waals surface area contributed by atoms with Gasteiger partial charge in [0.25, 0.3) is 0 Å². The molecule has 1 aliphatic carbocycles. The topological polar surface area (TPSA) is 37.4 Å². The number of fused-ring (bicyclic) bond motifs is 1. The van der Waals surface area contributed by atoms with E-state index < -0.39 is 0 Å². The molecule has 0 radical (unpaired) electrons. The fraction of sp³-hybridized carbons (Fsp3) is 0.429. The molecule has 0 N–H and O–H groups in total. The molecule has 0 unspecified atom stereocenters. The van der Waals surface area contributed by atoms with Crippen LogP contribution in [0.25, 0.3) is 0 Å². The Hall–Kier alpha value is -1.16. The van der Waals surface area contributed by atoms with Crippen molar-refractivity contribution in [3.63, 3.8) is 0 Å². The summed E-state index contributed by atoms with van der Waals surface area (Å²) in [5.41, 5.74) is 2.85. The third-order valence-corrected chi connectivity index (χ3v) is 4.12. The molecule has 0 bridgehead atoms. The Morgan fingerprint density at radius 2 is 2.11 bits per heavy atom. The van der Waals surface area contributed by atoms with Gasteiger partial charge in [0.2, 0.25) is 5.91 Å². The van der Waals surface area contributed by atoms with Crippen LogP contribution in [-0.2, 0) is 11.2 Å². The minimum atomic E-state index is 0.0877. The summed E-state index contributed by atoms with van der Waals surface area (Å²) in [5.74, 6) is 0.595. The molecular formula is C14H14BrNO2. The molecule has 1 aromatic carbocycles. The first-order valence-corrected chi connectivity index (χ1v) is 7.36. The molecule has 4 heteroatoms. The summed E-state index contributed by atoms with van der Waals surface area (Å²) in [6.45, 7) is 0.761. The first-order valence-electron chi connectivity index (χ1n) is 6.24. The van der Waals surface area contributed by atoms with E-state index in [0.29, 0.717) is 5.33 Å². The Morgan fingerprint density at radius 1 is 1.33 bits per heavy atom. The van der Waals surface area contributed by atoms with Crippen molar-refractivity contribution in [1.29, 1.82) is 0 Å². The van der Waals surface area contributed by atoms with E-state index in [1.165, 1.54) is 0 Å². The van der Waals surface area contributed by atoms with E-state index in [4.69, 9.17) is 0 Å². The molecule has 1 saturated carbocycles. The van der Waals surface area contributed by atoms with Crippen LogP contribution in [-0.4, -0.2) is 23.6 Å². The molecule has 0 saturated heterocycles. The highest BCUT2D eigenvalue weighted by atomic mass is 79.9. The molecule has 1 amide bonds. The molecule has 0 atom stereocenters. The van der Waals surface area contributed by atoms with Crippen LogP contribution in [0.1, 0.15) is 28.8 Å². The van der Waals surface area contributed by atoms with Crippen LogP contribution >= 0.6 is 15.9 Å². The molecular weight excluding hydrogens is 294 g/mol. The number of nitrogens with zero attached hydrogens (tertiary/aromatic N) is 1. The zero-order valence-corrected chi connectivity index (χ0v) is 11.6. The largest absolute Gasteiger partial charge is 0.312 e. The Labute approximate surface area is 114 Å². The number of carbonyl (C=O) groups is 2. The van der Waals surface area contributed by atoms with Crippen LogP contribution in [0.15, 0.2) is 18.2 Å². The SMILES string of the molecule is O=C(CBr)c1ccc2c(c1)CCN2C(=O)C1CC1. The van der Waals surface area contributed by atoms with E-state index in [0.717, 1.165) is 42.6 Å². The highest BCUT2D eigenvalue weighted by Crippen LogP contribution is 2.36. The summed E-state index contributed by atoms with van der Waals surface area (Å²) in [6, 6.07) is 5.67. The molecule has 1 fully saturated rings. The normalized spacial score (nSPS) is 17.7. The summed E-state index contributed by atoms with van der Waals surface area (Å²) >= 11 is 3.18. The van der Waals surface area contributed by atoms with Crippen molar-refractivity contribution in [2.75, 3.05) is 16.8 Å². The van der Waals surface area contributed by atoms with Gasteiger partial charge >= 0.3 is 0 Å². The minimum absolute atomic E-state index is 0.0877. The second kappa shape index (κ2) is 4.50. The van der Waals surface area contributed by atoms with Crippen LogP contribution < -0.4 is 4.90 Å². The highest BCUT2D eigenvalue weighted by molar-refractivity contribution is 9.09. The number of rotatable bonds is 3. The predicted octanol–water partition coefficient (Wildman–Crippen LogP) is 2.56. The maximum absolute atomic E-state index is 12.1. The lowest BCUT2D eigenvalue weighted by Gasteiger charge is -2.17. The molecule has 2 aliphatic rings. The van der Waals surface area contributed by atoms with Crippen molar-refractivity contribution >= 4 is 33.3 Å². The van der Waals surface area contributed by atoms with Gasteiger partial charge in [0, 0.05) is 23.7 Å². The molecule has 0 aromatic heterocycles. The first kappa shape index (κ1) is 11.9. The quantitative estimate of drug-likeness (QED) is 0.636. The lowest BCUT2D eigenvalue weighted by molar-refractivity contribution is -0.119. The third-order valence-electron chi connectivity index (χ3n) is 3.61. The number of alkyl halides is 1. The lowest BCUT2D eigenvalue weighted by Crippen LogP contribution is -2.30. The van der Waals surface area contributed by atoms with Gasteiger partial charge in [0.15, 0.2) is 5.78 Å². The number of hydrogen-bond acceptors (Lipinski definition) is 2. The van der Waals surface area contributed by atoms with Crippen LogP contribution in [0.2, 0.25) is 0 Å². The molecule has 1 aromatic rings. The molecule has 94 valence electrons. The van der Waals surface area contributed by atoms with Gasteiger partial charge in [0.1, 0.15) is 0 Å². The zero-order chi connectivity index (χ0) is 12.7. The number of anilines is 1. The van der Waals surface area contributed by atoms with E-state index in [-0.39, 0.29) is 17.6 Å². The molecule has 3 rings (SSSR count). The van der Waals surface area contributed by atoms with Gasteiger partial charge < -0.3 is 4.90 Å². The summed E-state index contributed by atoms with van der Waals surface area (Å²) < 4.78 is 0. The second-order valence-corrected chi connectivity index (χ2v) is 5.48. The standard InChI is InChI=1S/C14H14BrNO2/c15-8-13(17)11-3-4-12-10(7-11)5-6-16(12)14(18)9-1-2-9/h3-4,7,9H,1-2,5-6,8H2. The Morgan fingerprint density at radius 3 is 2.78 bits per heavy atom. The van der Waals surface area contributed by atoms with Crippen LogP contribution in [0.4, 0.5) is 5.69 Å². The van der Waals surface area contributed by atoms with Crippen LogP contribution in [0.5, 0.6) is 0 Å². The average Bonchev–Trinajstić information content (AvgIpc) is 3.16. The molecule has 1 heterocycles. The second-order valence-electron chi connectivity index (χ2n) is 4.91. The van der Waals surface area contributed by atoms with Crippen LogP contribution in [0.3, 0.4) is 0 Å². The fourth-order valence-corrected chi connectivity index (χ4v) is 2.76. The van der Waals surface area contributed by atoms with E-state index >= 15 is 0 Å². The first-order chi connectivity index (χ1) is 8.70. The van der Waals surface area contributed by atoms with Gasteiger partial charge in [-0.25, -0.2) is 0 Å². The maximum atomic E-state index is 12.1. The number of amides is 1. The minimum Gasteiger partial charge on any atom is -0.312 e. The Kier molecular flexibility index (Phi) is 2.98. The van der Waals surface area contributed by atoms with E-state index in [9.17, 15) is 9.59 Å². The van der Waals surface area contributed by atoms with Gasteiger partial charge in [-0.15, -0.1) is 0 Å². The number of ketones is 1. The van der Waals surface area contributed by atoms with Crippen molar-refractivity contribution in [3.8, 4) is 0 Å². The summed E-state index contributed by atoms with van der Waals surface area (Å²) in [6.07, 6.45) is 2.92. The van der Waals surface area contributed by atoms with E-state index in [2.05, 4.69) is 15.9 Å². The van der Waals surface area contributed by atoms with E-state index in [1.807, 2.05) is 23.1 Å². The number of Topliss-reactive ketones (excluding diaryl/α,β-unsaturated/α-hetero) is 1.